The fourth-order valence-electron chi connectivity index (χ4n) is 3.89. The summed E-state index contributed by atoms with van der Waals surface area (Å²) in [5.41, 5.74) is 1.41. The van der Waals surface area contributed by atoms with Crippen LogP contribution in [0.4, 0.5) is 5.69 Å². The normalized spacial score (nSPS) is 13.2. The minimum Gasteiger partial charge on any atom is -0.506 e. The van der Waals surface area contributed by atoms with Crippen LogP contribution in [0.15, 0.2) is 71.6 Å². The molecule has 1 aliphatic rings. The summed E-state index contributed by atoms with van der Waals surface area (Å²) in [5.74, 6) is -0.146. The number of amides is 1. The molecular formula is C24H24N2O5S. The molecule has 7 nitrogen and oxygen atoms in total. The predicted molar refractivity (Wildman–Crippen MR) is 122 cm³/mol. The van der Waals surface area contributed by atoms with Crippen molar-refractivity contribution in [3.8, 4) is 17.2 Å². The fourth-order valence-corrected chi connectivity index (χ4v) is 5.37. The Morgan fingerprint density at radius 2 is 1.53 bits per heavy atom. The molecule has 0 radical (unpaired) electrons. The summed E-state index contributed by atoms with van der Waals surface area (Å²) in [6.07, 6.45) is 0. The van der Waals surface area contributed by atoms with Gasteiger partial charge in [-0.3, -0.25) is 4.79 Å². The van der Waals surface area contributed by atoms with Crippen LogP contribution in [0.25, 0.3) is 0 Å². The van der Waals surface area contributed by atoms with Gasteiger partial charge < -0.3 is 15.2 Å². The predicted octanol–water partition coefficient (Wildman–Crippen LogP) is 4.30. The molecule has 0 aliphatic carbocycles. The van der Waals surface area contributed by atoms with Crippen molar-refractivity contribution >= 4 is 21.6 Å². The van der Waals surface area contributed by atoms with Crippen molar-refractivity contribution in [1.29, 1.82) is 0 Å². The summed E-state index contributed by atoms with van der Waals surface area (Å²) in [4.78, 5) is 13.4. The van der Waals surface area contributed by atoms with E-state index in [1.54, 1.807) is 26.0 Å². The summed E-state index contributed by atoms with van der Waals surface area (Å²) in [7, 11) is -3.75. The van der Waals surface area contributed by atoms with Crippen LogP contribution in [-0.2, 0) is 14.8 Å². The van der Waals surface area contributed by atoms with Crippen molar-refractivity contribution < 1.29 is 23.1 Å². The molecule has 32 heavy (non-hydrogen) atoms. The molecule has 2 N–H and O–H groups in total. The largest absolute Gasteiger partial charge is 0.506 e. The Labute approximate surface area is 187 Å². The molecular weight excluding hydrogens is 428 g/mol. The number of carbonyl (C=O) groups is 1. The van der Waals surface area contributed by atoms with E-state index in [4.69, 9.17) is 4.74 Å². The molecule has 0 bridgehead atoms. The molecule has 8 heteroatoms. The molecule has 1 amide bonds. The lowest BCUT2D eigenvalue weighted by atomic mass is 9.87. The number of carbonyl (C=O) groups excluding carboxylic acids is 1. The van der Waals surface area contributed by atoms with Gasteiger partial charge >= 0.3 is 0 Å². The molecule has 1 aliphatic heterocycles. The number of rotatable bonds is 6. The molecule has 0 saturated carbocycles. The zero-order valence-electron chi connectivity index (χ0n) is 17.8. The molecule has 0 aromatic heterocycles. The third-order valence-electron chi connectivity index (χ3n) is 5.51. The first kappa shape index (κ1) is 21.9. The SMILES string of the molecule is CCN(CC)S(=O)(=O)c1ccc(O)c(NC(=O)C2c3ccccc3Oc3ccccc32)c1. The molecule has 1 heterocycles. The van der Waals surface area contributed by atoms with Crippen molar-refractivity contribution in [2.45, 2.75) is 24.7 Å². The molecule has 166 valence electrons. The number of ether oxygens (including phenoxy) is 1. The number of nitrogens with zero attached hydrogens (tertiary/aromatic N) is 1. The van der Waals surface area contributed by atoms with Crippen molar-refractivity contribution in [3.05, 3.63) is 77.9 Å². The molecule has 0 unspecified atom stereocenters. The quantitative estimate of drug-likeness (QED) is 0.544. The number of para-hydroxylation sites is 2. The van der Waals surface area contributed by atoms with Gasteiger partial charge in [-0.15, -0.1) is 0 Å². The number of hydrogen-bond donors (Lipinski definition) is 2. The van der Waals surface area contributed by atoms with Crippen LogP contribution < -0.4 is 10.1 Å². The van der Waals surface area contributed by atoms with Crippen molar-refractivity contribution in [1.82, 2.24) is 4.31 Å². The molecule has 3 aromatic carbocycles. The Morgan fingerprint density at radius 1 is 0.969 bits per heavy atom. The second-order valence-electron chi connectivity index (χ2n) is 7.37. The Bertz CT molecular complexity index is 1220. The number of phenolic OH excluding ortho intramolecular Hbond substituents is 1. The van der Waals surface area contributed by atoms with Gasteiger partial charge in [0.2, 0.25) is 15.9 Å². The number of phenols is 1. The zero-order valence-corrected chi connectivity index (χ0v) is 18.6. The van der Waals surface area contributed by atoms with Gasteiger partial charge in [0, 0.05) is 24.2 Å². The highest BCUT2D eigenvalue weighted by atomic mass is 32.2. The van der Waals surface area contributed by atoms with E-state index in [2.05, 4.69) is 5.32 Å². The van der Waals surface area contributed by atoms with Gasteiger partial charge in [-0.2, -0.15) is 4.31 Å². The number of hydrogen-bond acceptors (Lipinski definition) is 5. The molecule has 0 spiro atoms. The van der Waals surface area contributed by atoms with Crippen LogP contribution >= 0.6 is 0 Å². The van der Waals surface area contributed by atoms with E-state index < -0.39 is 21.8 Å². The molecule has 0 fully saturated rings. The van der Waals surface area contributed by atoms with Gasteiger partial charge in [0.15, 0.2) is 0 Å². The van der Waals surface area contributed by atoms with E-state index in [-0.39, 0.29) is 16.3 Å². The van der Waals surface area contributed by atoms with Crippen LogP contribution in [0.3, 0.4) is 0 Å². The smallest absolute Gasteiger partial charge is 0.243 e. The Balaban J connectivity index is 1.72. The third-order valence-corrected chi connectivity index (χ3v) is 7.56. The maximum atomic E-state index is 13.4. The minimum absolute atomic E-state index is 0.00192. The highest BCUT2D eigenvalue weighted by Gasteiger charge is 2.33. The Hall–Kier alpha value is -3.36. The van der Waals surface area contributed by atoms with E-state index in [9.17, 15) is 18.3 Å². The average molecular weight is 453 g/mol. The lowest BCUT2D eigenvalue weighted by Crippen LogP contribution is -2.30. The van der Waals surface area contributed by atoms with Gasteiger partial charge in [-0.25, -0.2) is 8.42 Å². The summed E-state index contributed by atoms with van der Waals surface area (Å²) in [5, 5.41) is 13.1. The third kappa shape index (κ3) is 3.83. The Morgan fingerprint density at radius 3 is 2.09 bits per heavy atom. The van der Waals surface area contributed by atoms with E-state index >= 15 is 0 Å². The second kappa shape index (κ2) is 8.64. The lowest BCUT2D eigenvalue weighted by Gasteiger charge is -2.27. The van der Waals surface area contributed by atoms with E-state index in [1.165, 1.54) is 22.5 Å². The number of aromatic hydroxyl groups is 1. The minimum atomic E-state index is -3.75. The number of anilines is 1. The topological polar surface area (TPSA) is 95.9 Å². The number of fused-ring (bicyclic) bond motifs is 2. The first-order valence-electron chi connectivity index (χ1n) is 10.4. The highest BCUT2D eigenvalue weighted by Crippen LogP contribution is 2.44. The Kier molecular flexibility index (Phi) is 5.90. The number of nitrogens with one attached hydrogen (secondary N) is 1. The number of benzene rings is 3. The molecule has 0 atom stereocenters. The van der Waals surface area contributed by atoms with Gasteiger partial charge in [-0.05, 0) is 30.3 Å². The van der Waals surface area contributed by atoms with Crippen LogP contribution in [0.1, 0.15) is 30.9 Å². The van der Waals surface area contributed by atoms with Gasteiger partial charge in [-0.1, -0.05) is 50.2 Å². The monoisotopic (exact) mass is 452 g/mol. The molecule has 3 aromatic rings. The first-order chi connectivity index (χ1) is 15.4. The van der Waals surface area contributed by atoms with Crippen LogP contribution in [0, 0.1) is 0 Å². The standard InChI is InChI=1S/C24H24N2O5S/c1-3-26(4-2)32(29,30)16-13-14-20(27)19(15-16)25-24(28)23-17-9-5-7-11-21(17)31-22-12-8-6-10-18(22)23/h5-15,23,27H,3-4H2,1-2H3,(H,25,28). The molecule has 4 rings (SSSR count). The fraction of sp³-hybridized carbons (Fsp3) is 0.208. The van der Waals surface area contributed by atoms with Crippen molar-refractivity contribution in [2.24, 2.45) is 0 Å². The maximum Gasteiger partial charge on any atom is 0.243 e. The van der Waals surface area contributed by atoms with E-state index in [0.29, 0.717) is 35.7 Å². The summed E-state index contributed by atoms with van der Waals surface area (Å²) in [6.45, 7) is 4.14. The van der Waals surface area contributed by atoms with Gasteiger partial charge in [0.05, 0.1) is 16.5 Å². The van der Waals surface area contributed by atoms with Gasteiger partial charge in [0.25, 0.3) is 0 Å². The van der Waals surface area contributed by atoms with Crippen LogP contribution in [0.5, 0.6) is 17.2 Å². The number of sulfonamides is 1. The summed E-state index contributed by atoms with van der Waals surface area (Å²) < 4.78 is 33.0. The maximum absolute atomic E-state index is 13.4. The zero-order chi connectivity index (χ0) is 22.9. The van der Waals surface area contributed by atoms with Crippen LogP contribution in [0.2, 0.25) is 0 Å². The van der Waals surface area contributed by atoms with E-state index in [0.717, 1.165) is 0 Å². The average Bonchev–Trinajstić information content (AvgIpc) is 2.79. The van der Waals surface area contributed by atoms with Crippen LogP contribution in [-0.4, -0.2) is 36.8 Å². The molecule has 0 saturated heterocycles. The second-order valence-corrected chi connectivity index (χ2v) is 9.31. The van der Waals surface area contributed by atoms with Gasteiger partial charge in [0.1, 0.15) is 17.2 Å². The lowest BCUT2D eigenvalue weighted by molar-refractivity contribution is -0.116. The van der Waals surface area contributed by atoms with E-state index in [1.807, 2.05) is 36.4 Å². The first-order valence-corrected chi connectivity index (χ1v) is 11.8. The summed E-state index contributed by atoms with van der Waals surface area (Å²) >= 11 is 0. The van der Waals surface area contributed by atoms with Crippen molar-refractivity contribution in [2.75, 3.05) is 18.4 Å². The highest BCUT2D eigenvalue weighted by molar-refractivity contribution is 7.89. The summed E-state index contributed by atoms with van der Waals surface area (Å²) in [6, 6.07) is 18.4. The van der Waals surface area contributed by atoms with Crippen molar-refractivity contribution in [3.63, 3.8) is 0 Å².